The molecule has 2 heterocycles. The molecule has 1 amide bonds. The van der Waals surface area contributed by atoms with E-state index in [9.17, 15) is 14.4 Å². The lowest BCUT2D eigenvalue weighted by molar-refractivity contribution is -0.117. The Balaban J connectivity index is 1.38. The van der Waals surface area contributed by atoms with E-state index in [-0.39, 0.29) is 24.7 Å². The number of halogens is 1. The van der Waals surface area contributed by atoms with E-state index >= 15 is 0 Å². The van der Waals surface area contributed by atoms with E-state index in [2.05, 4.69) is 5.32 Å². The summed E-state index contributed by atoms with van der Waals surface area (Å²) in [6, 6.07) is 21.6. The van der Waals surface area contributed by atoms with Crippen molar-refractivity contribution in [2.75, 3.05) is 6.79 Å². The van der Waals surface area contributed by atoms with Gasteiger partial charge in [0.25, 0.3) is 5.91 Å². The lowest BCUT2D eigenvalue weighted by Crippen LogP contribution is -2.23. The third-order valence-electron chi connectivity index (χ3n) is 5.64. The number of amides is 1. The lowest BCUT2D eigenvalue weighted by Gasteiger charge is -2.06. The number of hydrogen-bond donors (Lipinski definition) is 1. The summed E-state index contributed by atoms with van der Waals surface area (Å²) in [5.74, 6) is 0.562. The summed E-state index contributed by atoms with van der Waals surface area (Å²) in [7, 11) is 0. The maximum atomic E-state index is 13.3. The van der Waals surface area contributed by atoms with E-state index in [4.69, 9.17) is 9.47 Å². The molecule has 0 fully saturated rings. The molecule has 0 atom stereocenters. The Hall–Kier alpha value is -4.57. The minimum absolute atomic E-state index is 0.00503. The molecule has 7 heteroatoms. The first-order chi connectivity index (χ1) is 16.6. The molecule has 5 rings (SSSR count). The predicted octanol–water partition coefficient (Wildman–Crippen LogP) is 4.78. The van der Waals surface area contributed by atoms with Gasteiger partial charge in [0.15, 0.2) is 11.5 Å². The van der Waals surface area contributed by atoms with Crippen LogP contribution in [-0.2, 0) is 17.9 Å². The number of nitrogens with zero attached hydrogens (tertiary/aromatic N) is 2. The van der Waals surface area contributed by atoms with Gasteiger partial charge in [-0.1, -0.05) is 36.4 Å². The molecule has 3 aromatic carbocycles. The first-order valence-corrected chi connectivity index (χ1v) is 10.7. The van der Waals surface area contributed by atoms with E-state index in [0.29, 0.717) is 18.0 Å². The zero-order valence-electron chi connectivity index (χ0n) is 18.1. The van der Waals surface area contributed by atoms with Crippen LogP contribution < -0.4 is 14.8 Å². The van der Waals surface area contributed by atoms with Crippen LogP contribution in [0.25, 0.3) is 17.0 Å². The van der Waals surface area contributed by atoms with Crippen molar-refractivity contribution in [3.63, 3.8) is 0 Å². The predicted molar refractivity (Wildman–Crippen MR) is 125 cm³/mol. The summed E-state index contributed by atoms with van der Waals surface area (Å²) in [4.78, 5) is 12.8. The standard InChI is InChI=1S/C27H20FN3O3/c28-22-8-5-18(6-9-22)15-31-16-21(23-3-1-2-4-24(23)31)12-20(13-29)27(32)30-14-19-7-10-25-26(11-19)34-17-33-25/h1-12,16H,14-15,17H2,(H,30,32)/b20-12+. The van der Waals surface area contributed by atoms with Gasteiger partial charge < -0.3 is 19.4 Å². The van der Waals surface area contributed by atoms with E-state index in [1.165, 1.54) is 12.1 Å². The van der Waals surface area contributed by atoms with Gasteiger partial charge in [-0.2, -0.15) is 5.26 Å². The van der Waals surface area contributed by atoms with Crippen LogP contribution in [-0.4, -0.2) is 17.3 Å². The van der Waals surface area contributed by atoms with E-state index in [1.807, 2.05) is 47.2 Å². The van der Waals surface area contributed by atoms with Gasteiger partial charge in [-0.25, -0.2) is 4.39 Å². The second-order valence-electron chi connectivity index (χ2n) is 7.90. The summed E-state index contributed by atoms with van der Waals surface area (Å²) in [6.45, 7) is 0.967. The fourth-order valence-corrected chi connectivity index (χ4v) is 3.94. The van der Waals surface area contributed by atoms with Crippen molar-refractivity contribution >= 4 is 22.9 Å². The summed E-state index contributed by atoms with van der Waals surface area (Å²) >= 11 is 0. The first kappa shape index (κ1) is 21.3. The van der Waals surface area contributed by atoms with Crippen molar-refractivity contribution in [2.45, 2.75) is 13.1 Å². The number of rotatable bonds is 6. The van der Waals surface area contributed by atoms with Gasteiger partial charge in [0.2, 0.25) is 6.79 Å². The number of carbonyl (C=O) groups is 1. The fraction of sp³-hybridized carbons (Fsp3) is 0.111. The van der Waals surface area contributed by atoms with E-state index < -0.39 is 5.91 Å². The fourth-order valence-electron chi connectivity index (χ4n) is 3.94. The number of nitriles is 1. The molecule has 34 heavy (non-hydrogen) atoms. The number of carbonyl (C=O) groups excluding carboxylic acids is 1. The minimum atomic E-state index is -0.462. The molecule has 0 saturated carbocycles. The Morgan fingerprint density at radius 1 is 1.06 bits per heavy atom. The first-order valence-electron chi connectivity index (χ1n) is 10.7. The molecule has 0 radical (unpaired) electrons. The molecule has 0 unspecified atom stereocenters. The van der Waals surface area contributed by atoms with Crippen molar-refractivity contribution in [1.29, 1.82) is 5.26 Å². The molecule has 0 bridgehead atoms. The van der Waals surface area contributed by atoms with Crippen LogP contribution in [0.2, 0.25) is 0 Å². The van der Waals surface area contributed by atoms with Crippen LogP contribution in [0, 0.1) is 17.1 Å². The number of aromatic nitrogens is 1. The van der Waals surface area contributed by atoms with Crippen molar-refractivity contribution in [3.8, 4) is 17.6 Å². The highest BCUT2D eigenvalue weighted by Crippen LogP contribution is 2.32. The Kier molecular flexibility index (Phi) is 5.71. The average molecular weight is 453 g/mol. The van der Waals surface area contributed by atoms with Crippen LogP contribution in [0.5, 0.6) is 11.5 Å². The molecule has 1 aliphatic rings. The summed E-state index contributed by atoms with van der Waals surface area (Å²) in [5, 5.41) is 13.4. The highest BCUT2D eigenvalue weighted by Gasteiger charge is 2.15. The molecule has 1 N–H and O–H groups in total. The molecule has 6 nitrogen and oxygen atoms in total. The molecule has 1 aliphatic heterocycles. The van der Waals surface area contributed by atoms with Gasteiger partial charge in [0, 0.05) is 35.8 Å². The van der Waals surface area contributed by atoms with Gasteiger partial charge in [0.1, 0.15) is 17.5 Å². The monoisotopic (exact) mass is 453 g/mol. The molecule has 168 valence electrons. The highest BCUT2D eigenvalue weighted by atomic mass is 19.1. The number of nitrogens with one attached hydrogen (secondary N) is 1. The van der Waals surface area contributed by atoms with Crippen LogP contribution in [0.15, 0.2) is 78.5 Å². The van der Waals surface area contributed by atoms with Crippen molar-refractivity contribution in [1.82, 2.24) is 9.88 Å². The number of para-hydroxylation sites is 1. The van der Waals surface area contributed by atoms with Crippen LogP contribution in [0.3, 0.4) is 0 Å². The highest BCUT2D eigenvalue weighted by molar-refractivity contribution is 6.04. The minimum Gasteiger partial charge on any atom is -0.454 e. The quantitative estimate of drug-likeness (QED) is 0.337. The number of benzene rings is 3. The van der Waals surface area contributed by atoms with Crippen molar-refractivity contribution in [3.05, 3.63) is 101 Å². The Morgan fingerprint density at radius 2 is 1.82 bits per heavy atom. The van der Waals surface area contributed by atoms with Crippen LogP contribution in [0.4, 0.5) is 4.39 Å². The van der Waals surface area contributed by atoms with Gasteiger partial charge in [-0.3, -0.25) is 4.79 Å². The number of ether oxygens (including phenoxy) is 2. The molecule has 0 saturated heterocycles. The molecule has 1 aromatic heterocycles. The second kappa shape index (κ2) is 9.12. The third kappa shape index (κ3) is 4.34. The number of fused-ring (bicyclic) bond motifs is 2. The summed E-state index contributed by atoms with van der Waals surface area (Å²) in [5.41, 5.74) is 3.50. The number of hydrogen-bond acceptors (Lipinski definition) is 4. The average Bonchev–Trinajstić information content (AvgIpc) is 3.47. The SMILES string of the molecule is N#C/C(=C\c1cn(Cc2ccc(F)cc2)c2ccccc12)C(=O)NCc1ccc2c(c1)OCO2. The summed E-state index contributed by atoms with van der Waals surface area (Å²) in [6.07, 6.45) is 3.49. The smallest absolute Gasteiger partial charge is 0.262 e. The summed E-state index contributed by atoms with van der Waals surface area (Å²) < 4.78 is 26.0. The lowest BCUT2D eigenvalue weighted by atomic mass is 10.1. The molecule has 0 spiro atoms. The zero-order valence-corrected chi connectivity index (χ0v) is 18.1. The van der Waals surface area contributed by atoms with Gasteiger partial charge in [-0.05, 0) is 47.5 Å². The van der Waals surface area contributed by atoms with Crippen molar-refractivity contribution < 1.29 is 18.7 Å². The Bertz CT molecular complexity index is 1450. The Labute approximate surface area is 195 Å². The molecular formula is C27H20FN3O3. The maximum absolute atomic E-state index is 13.3. The maximum Gasteiger partial charge on any atom is 0.262 e. The topological polar surface area (TPSA) is 76.3 Å². The van der Waals surface area contributed by atoms with E-state index in [1.54, 1.807) is 30.3 Å². The van der Waals surface area contributed by atoms with Crippen molar-refractivity contribution in [2.24, 2.45) is 0 Å². The molecular weight excluding hydrogens is 433 g/mol. The Morgan fingerprint density at radius 3 is 2.65 bits per heavy atom. The second-order valence-corrected chi connectivity index (χ2v) is 7.90. The molecule has 0 aliphatic carbocycles. The van der Waals surface area contributed by atoms with E-state index in [0.717, 1.165) is 27.6 Å². The van der Waals surface area contributed by atoms with Crippen LogP contribution in [0.1, 0.15) is 16.7 Å². The van der Waals surface area contributed by atoms with Gasteiger partial charge >= 0.3 is 0 Å². The third-order valence-corrected chi connectivity index (χ3v) is 5.64. The molecule has 4 aromatic rings. The normalized spacial score (nSPS) is 12.5. The van der Waals surface area contributed by atoms with Gasteiger partial charge in [0.05, 0.1) is 0 Å². The van der Waals surface area contributed by atoms with Gasteiger partial charge in [-0.15, -0.1) is 0 Å². The van der Waals surface area contributed by atoms with Crippen LogP contribution >= 0.6 is 0 Å². The largest absolute Gasteiger partial charge is 0.454 e. The zero-order chi connectivity index (χ0) is 23.5.